The molecule has 0 spiro atoms. The number of hydrogen-bond donors (Lipinski definition) is 1. The summed E-state index contributed by atoms with van der Waals surface area (Å²) in [5.74, 6) is -1.16. The molecule has 1 nitrogen and oxygen atoms in total. The maximum absolute atomic E-state index is 13.1. The predicted octanol–water partition coefficient (Wildman–Crippen LogP) is 2.93. The van der Waals surface area contributed by atoms with Crippen molar-refractivity contribution in [3.63, 3.8) is 0 Å². The second-order valence-electron chi connectivity index (χ2n) is 3.21. The van der Waals surface area contributed by atoms with Gasteiger partial charge in [0.1, 0.15) is 11.6 Å². The van der Waals surface area contributed by atoms with Crippen LogP contribution >= 0.6 is 11.6 Å². The molecule has 1 aromatic carbocycles. The molecule has 1 atom stereocenters. The van der Waals surface area contributed by atoms with Crippen molar-refractivity contribution < 1.29 is 13.9 Å². The molecule has 0 aliphatic carbocycles. The fraction of sp³-hybridized carbons (Fsp3) is 0.400. The molecule has 0 bridgehead atoms. The van der Waals surface area contributed by atoms with Gasteiger partial charge in [0.05, 0.1) is 11.1 Å². The van der Waals surface area contributed by atoms with Crippen LogP contribution in [0.3, 0.4) is 0 Å². The van der Waals surface area contributed by atoms with Crippen LogP contribution in [0.4, 0.5) is 8.78 Å². The van der Waals surface area contributed by atoms with E-state index < -0.39 is 17.7 Å². The lowest BCUT2D eigenvalue weighted by molar-refractivity contribution is 0.184. The first-order valence-corrected chi connectivity index (χ1v) is 4.70. The number of aliphatic hydroxyl groups is 1. The highest BCUT2D eigenvalue weighted by atomic mass is 35.5. The molecule has 0 aromatic heterocycles. The minimum Gasteiger partial charge on any atom is -0.393 e. The Balaban J connectivity index is 2.89. The minimum absolute atomic E-state index is 0.132. The fourth-order valence-electron chi connectivity index (χ4n) is 1.15. The summed E-state index contributed by atoms with van der Waals surface area (Å²) >= 11 is 5.59. The van der Waals surface area contributed by atoms with Crippen molar-refractivity contribution >= 4 is 11.6 Å². The van der Waals surface area contributed by atoms with Gasteiger partial charge in [0, 0.05) is 5.56 Å². The molecule has 0 heterocycles. The summed E-state index contributed by atoms with van der Waals surface area (Å²) in [5.41, 5.74) is 0.132. The Morgan fingerprint density at radius 3 is 2.50 bits per heavy atom. The molecule has 1 N–H and O–H groups in total. The van der Waals surface area contributed by atoms with Crippen LogP contribution in [0.25, 0.3) is 0 Å². The van der Waals surface area contributed by atoms with Crippen molar-refractivity contribution in [3.8, 4) is 0 Å². The maximum Gasteiger partial charge on any atom is 0.142 e. The van der Waals surface area contributed by atoms with Crippen LogP contribution in [-0.4, -0.2) is 11.2 Å². The van der Waals surface area contributed by atoms with E-state index in [9.17, 15) is 8.78 Å². The molecule has 0 fully saturated rings. The van der Waals surface area contributed by atoms with Gasteiger partial charge in [-0.15, -0.1) is 0 Å². The first-order valence-electron chi connectivity index (χ1n) is 4.32. The van der Waals surface area contributed by atoms with E-state index in [0.717, 1.165) is 12.1 Å². The van der Waals surface area contributed by atoms with Crippen LogP contribution in [0.1, 0.15) is 18.9 Å². The smallest absolute Gasteiger partial charge is 0.142 e. The van der Waals surface area contributed by atoms with Crippen LogP contribution in [0.5, 0.6) is 0 Å². The molecule has 1 rings (SSSR count). The van der Waals surface area contributed by atoms with Gasteiger partial charge < -0.3 is 5.11 Å². The molecule has 0 unspecified atom stereocenters. The molecule has 1 aromatic rings. The van der Waals surface area contributed by atoms with Crippen LogP contribution < -0.4 is 0 Å². The monoisotopic (exact) mass is 220 g/mol. The van der Waals surface area contributed by atoms with Gasteiger partial charge in [-0.1, -0.05) is 11.6 Å². The van der Waals surface area contributed by atoms with E-state index in [0.29, 0.717) is 6.42 Å². The highest BCUT2D eigenvalue weighted by Crippen LogP contribution is 2.24. The fourth-order valence-corrected chi connectivity index (χ4v) is 1.40. The molecule has 0 radical (unpaired) electrons. The van der Waals surface area contributed by atoms with E-state index in [-0.39, 0.29) is 17.0 Å². The molecule has 0 aliphatic heterocycles. The number of aliphatic hydroxyl groups excluding tert-OH is 1. The van der Waals surface area contributed by atoms with Gasteiger partial charge in [-0.3, -0.25) is 0 Å². The highest BCUT2D eigenvalue weighted by Gasteiger charge is 2.12. The molecule has 4 heteroatoms. The van der Waals surface area contributed by atoms with Crippen LogP contribution in [0.2, 0.25) is 5.02 Å². The van der Waals surface area contributed by atoms with Gasteiger partial charge in [0.2, 0.25) is 0 Å². The van der Waals surface area contributed by atoms with E-state index in [4.69, 9.17) is 16.7 Å². The third kappa shape index (κ3) is 2.66. The van der Waals surface area contributed by atoms with Crippen LogP contribution in [-0.2, 0) is 6.42 Å². The summed E-state index contributed by atoms with van der Waals surface area (Å²) < 4.78 is 26.1. The Hall–Kier alpha value is -0.670. The van der Waals surface area contributed by atoms with Crippen molar-refractivity contribution in [2.75, 3.05) is 0 Å². The molecular weight excluding hydrogens is 210 g/mol. The maximum atomic E-state index is 13.1. The van der Waals surface area contributed by atoms with Crippen molar-refractivity contribution in [1.82, 2.24) is 0 Å². The van der Waals surface area contributed by atoms with Crippen LogP contribution in [0.15, 0.2) is 12.1 Å². The Bertz CT molecular complexity index is 326. The minimum atomic E-state index is -0.631. The zero-order chi connectivity index (χ0) is 10.7. The average molecular weight is 221 g/mol. The average Bonchev–Trinajstić information content (AvgIpc) is 2.11. The zero-order valence-corrected chi connectivity index (χ0v) is 8.48. The third-order valence-electron chi connectivity index (χ3n) is 1.95. The van der Waals surface area contributed by atoms with E-state index in [1.54, 1.807) is 6.92 Å². The van der Waals surface area contributed by atoms with Gasteiger partial charge in [-0.25, -0.2) is 8.78 Å². The number of halogens is 3. The Morgan fingerprint density at radius 1 is 1.36 bits per heavy atom. The highest BCUT2D eigenvalue weighted by molar-refractivity contribution is 6.31. The molecule has 0 saturated carbocycles. The molecule has 78 valence electrons. The van der Waals surface area contributed by atoms with Gasteiger partial charge in [-0.2, -0.15) is 0 Å². The lowest BCUT2D eigenvalue weighted by atomic mass is 10.1. The summed E-state index contributed by atoms with van der Waals surface area (Å²) in [6.07, 6.45) is 0.0499. The lowest BCUT2D eigenvalue weighted by Crippen LogP contribution is -2.04. The molecule has 14 heavy (non-hydrogen) atoms. The zero-order valence-electron chi connectivity index (χ0n) is 7.73. The van der Waals surface area contributed by atoms with Gasteiger partial charge in [-0.05, 0) is 31.9 Å². The second-order valence-corrected chi connectivity index (χ2v) is 3.59. The van der Waals surface area contributed by atoms with Crippen LogP contribution in [0, 0.1) is 11.6 Å². The van der Waals surface area contributed by atoms with Gasteiger partial charge >= 0.3 is 0 Å². The summed E-state index contributed by atoms with van der Waals surface area (Å²) in [5, 5.41) is 8.82. The van der Waals surface area contributed by atoms with Gasteiger partial charge in [0.15, 0.2) is 0 Å². The number of benzene rings is 1. The van der Waals surface area contributed by atoms with Crippen molar-refractivity contribution in [2.45, 2.75) is 25.9 Å². The first-order chi connectivity index (χ1) is 6.52. The predicted molar refractivity (Wildman–Crippen MR) is 51.4 cm³/mol. The summed E-state index contributed by atoms with van der Waals surface area (Å²) in [4.78, 5) is 0. The molecule has 0 saturated heterocycles. The Morgan fingerprint density at radius 2 is 1.93 bits per heavy atom. The van der Waals surface area contributed by atoms with Crippen molar-refractivity contribution in [2.24, 2.45) is 0 Å². The first kappa shape index (κ1) is 11.4. The quantitative estimate of drug-likeness (QED) is 0.777. The SMILES string of the molecule is C[C@H](O)CCc1c(F)ccc(F)c1Cl. The van der Waals surface area contributed by atoms with Crippen molar-refractivity contribution in [1.29, 1.82) is 0 Å². The Kier molecular flexibility index (Phi) is 3.84. The van der Waals surface area contributed by atoms with Crippen molar-refractivity contribution in [3.05, 3.63) is 34.4 Å². The third-order valence-corrected chi connectivity index (χ3v) is 2.36. The normalized spacial score (nSPS) is 12.9. The lowest BCUT2D eigenvalue weighted by Gasteiger charge is -2.07. The topological polar surface area (TPSA) is 20.2 Å². The van der Waals surface area contributed by atoms with E-state index in [1.807, 2.05) is 0 Å². The Labute approximate surface area is 86.3 Å². The molecule has 0 aliphatic rings. The standard InChI is InChI=1S/C10H11ClF2O/c1-6(14)2-3-7-8(12)4-5-9(13)10(7)11/h4-6,14H,2-3H2,1H3/t6-/m0/s1. The summed E-state index contributed by atoms with van der Waals surface area (Å²) in [6.45, 7) is 1.59. The van der Waals surface area contributed by atoms with E-state index >= 15 is 0 Å². The number of hydrogen-bond acceptors (Lipinski definition) is 1. The summed E-state index contributed by atoms with van der Waals surface area (Å²) in [7, 11) is 0. The second kappa shape index (κ2) is 4.71. The largest absolute Gasteiger partial charge is 0.393 e. The molecular formula is C10H11ClF2O. The van der Waals surface area contributed by atoms with E-state index in [1.165, 1.54) is 0 Å². The van der Waals surface area contributed by atoms with E-state index in [2.05, 4.69) is 0 Å². The van der Waals surface area contributed by atoms with Gasteiger partial charge in [0.25, 0.3) is 0 Å². The number of rotatable bonds is 3. The summed E-state index contributed by atoms with van der Waals surface area (Å²) in [6, 6.07) is 2.03. The molecule has 0 amide bonds.